The van der Waals surface area contributed by atoms with E-state index in [0.29, 0.717) is 25.9 Å². The molecule has 6 nitrogen and oxygen atoms in total. The highest BCUT2D eigenvalue weighted by Crippen LogP contribution is 2.26. The number of nitrogens with one attached hydrogen (secondary N) is 1. The van der Waals surface area contributed by atoms with E-state index in [9.17, 15) is 9.59 Å². The summed E-state index contributed by atoms with van der Waals surface area (Å²) < 4.78 is 5.25. The van der Waals surface area contributed by atoms with Crippen molar-refractivity contribution in [2.45, 2.75) is 18.9 Å². The van der Waals surface area contributed by atoms with Gasteiger partial charge in [0.25, 0.3) is 0 Å². The predicted molar refractivity (Wildman–Crippen MR) is 113 cm³/mol. The SMILES string of the molecule is COc1ccc(C(NC(=O)C2CCN(C(=O)N(C)C)CC2)c2ccccc2)cc1. The lowest BCUT2D eigenvalue weighted by atomic mass is 9.93. The lowest BCUT2D eigenvalue weighted by molar-refractivity contribution is -0.126. The van der Waals surface area contributed by atoms with Gasteiger partial charge in [-0.15, -0.1) is 0 Å². The van der Waals surface area contributed by atoms with E-state index in [1.165, 1.54) is 0 Å². The van der Waals surface area contributed by atoms with Crippen LogP contribution >= 0.6 is 0 Å². The van der Waals surface area contributed by atoms with Crippen LogP contribution in [-0.4, -0.2) is 56.0 Å². The molecule has 154 valence electrons. The van der Waals surface area contributed by atoms with Gasteiger partial charge < -0.3 is 19.9 Å². The third-order valence-electron chi connectivity index (χ3n) is 5.39. The van der Waals surface area contributed by atoms with Crippen LogP contribution in [0.5, 0.6) is 5.75 Å². The van der Waals surface area contributed by atoms with Crippen LogP contribution in [0.25, 0.3) is 0 Å². The maximum atomic E-state index is 13.0. The molecule has 1 N–H and O–H groups in total. The second-order valence-corrected chi connectivity index (χ2v) is 7.56. The molecule has 0 spiro atoms. The van der Waals surface area contributed by atoms with E-state index in [-0.39, 0.29) is 23.9 Å². The standard InChI is InChI=1S/C23H29N3O3/c1-25(2)23(28)26-15-13-19(14-16-26)22(27)24-21(17-7-5-4-6-8-17)18-9-11-20(29-3)12-10-18/h4-12,19,21H,13-16H2,1-3H3,(H,24,27). The normalized spacial score (nSPS) is 15.5. The lowest BCUT2D eigenvalue weighted by Gasteiger charge is -2.33. The molecule has 0 saturated carbocycles. The second kappa shape index (κ2) is 9.45. The van der Waals surface area contributed by atoms with Crippen molar-refractivity contribution in [1.29, 1.82) is 0 Å². The fourth-order valence-corrected chi connectivity index (χ4v) is 3.68. The Bertz CT molecular complexity index is 813. The number of rotatable bonds is 5. The molecule has 1 aliphatic rings. The lowest BCUT2D eigenvalue weighted by Crippen LogP contribution is -2.46. The van der Waals surface area contributed by atoms with Crippen LogP contribution in [0, 0.1) is 5.92 Å². The zero-order valence-corrected chi connectivity index (χ0v) is 17.3. The van der Waals surface area contributed by atoms with E-state index in [4.69, 9.17) is 4.74 Å². The van der Waals surface area contributed by atoms with Crippen LogP contribution in [0.15, 0.2) is 54.6 Å². The number of carbonyl (C=O) groups is 2. The van der Waals surface area contributed by atoms with Gasteiger partial charge >= 0.3 is 6.03 Å². The number of methoxy groups -OCH3 is 1. The van der Waals surface area contributed by atoms with E-state index in [1.54, 1.807) is 26.1 Å². The number of benzene rings is 2. The number of ether oxygens (including phenoxy) is 1. The first kappa shape index (κ1) is 20.7. The monoisotopic (exact) mass is 395 g/mol. The van der Waals surface area contributed by atoms with Crippen LogP contribution in [0.2, 0.25) is 0 Å². The van der Waals surface area contributed by atoms with E-state index in [1.807, 2.05) is 59.5 Å². The molecule has 1 unspecified atom stereocenters. The minimum absolute atomic E-state index is 0.00394. The van der Waals surface area contributed by atoms with Crippen molar-refractivity contribution < 1.29 is 14.3 Å². The molecular weight excluding hydrogens is 366 g/mol. The molecule has 2 aromatic rings. The molecule has 0 radical (unpaired) electrons. The van der Waals surface area contributed by atoms with Crippen molar-refractivity contribution in [3.8, 4) is 5.75 Å². The highest BCUT2D eigenvalue weighted by molar-refractivity contribution is 5.80. The average Bonchev–Trinajstić information content (AvgIpc) is 2.77. The predicted octanol–water partition coefficient (Wildman–Crippen LogP) is 3.29. The average molecular weight is 396 g/mol. The number of likely N-dealkylation sites (tertiary alicyclic amines) is 1. The number of hydrogen-bond donors (Lipinski definition) is 1. The molecule has 2 aromatic carbocycles. The fourth-order valence-electron chi connectivity index (χ4n) is 3.68. The van der Waals surface area contributed by atoms with Gasteiger partial charge in [-0.05, 0) is 36.1 Å². The Kier molecular flexibility index (Phi) is 6.75. The summed E-state index contributed by atoms with van der Waals surface area (Å²) in [5.74, 6) is 0.724. The van der Waals surface area contributed by atoms with Crippen molar-refractivity contribution in [1.82, 2.24) is 15.1 Å². The Balaban J connectivity index is 1.71. The largest absolute Gasteiger partial charge is 0.497 e. The number of piperidine rings is 1. The van der Waals surface area contributed by atoms with Gasteiger partial charge in [-0.2, -0.15) is 0 Å². The van der Waals surface area contributed by atoms with Gasteiger partial charge in [0.2, 0.25) is 5.91 Å². The van der Waals surface area contributed by atoms with Crippen LogP contribution in [0.1, 0.15) is 30.0 Å². The number of nitrogens with zero attached hydrogens (tertiary/aromatic N) is 2. The van der Waals surface area contributed by atoms with Gasteiger partial charge in [0.15, 0.2) is 0 Å². The molecule has 3 amide bonds. The van der Waals surface area contributed by atoms with Gasteiger partial charge in [-0.25, -0.2) is 4.79 Å². The smallest absolute Gasteiger partial charge is 0.319 e. The summed E-state index contributed by atoms with van der Waals surface area (Å²) in [7, 11) is 5.14. The summed E-state index contributed by atoms with van der Waals surface area (Å²) in [5.41, 5.74) is 2.04. The van der Waals surface area contributed by atoms with Gasteiger partial charge in [0.05, 0.1) is 13.2 Å². The molecule has 0 aliphatic carbocycles. The minimum atomic E-state index is -0.226. The summed E-state index contributed by atoms with van der Waals surface area (Å²) in [6.07, 6.45) is 1.35. The Hall–Kier alpha value is -3.02. The summed E-state index contributed by atoms with van der Waals surface area (Å²) in [6, 6.07) is 17.5. The van der Waals surface area contributed by atoms with Gasteiger partial charge in [-0.3, -0.25) is 4.79 Å². The number of hydrogen-bond acceptors (Lipinski definition) is 3. The molecule has 1 heterocycles. The van der Waals surface area contributed by atoms with Crippen LogP contribution < -0.4 is 10.1 Å². The summed E-state index contributed by atoms with van der Waals surface area (Å²) in [6.45, 7) is 1.21. The minimum Gasteiger partial charge on any atom is -0.497 e. The van der Waals surface area contributed by atoms with E-state index >= 15 is 0 Å². The maximum Gasteiger partial charge on any atom is 0.319 e. The van der Waals surface area contributed by atoms with E-state index in [2.05, 4.69) is 5.32 Å². The summed E-state index contributed by atoms with van der Waals surface area (Å²) >= 11 is 0. The number of carbonyl (C=O) groups excluding carboxylic acids is 2. The van der Waals surface area contributed by atoms with Crippen molar-refractivity contribution >= 4 is 11.9 Å². The molecule has 6 heteroatoms. The first-order chi connectivity index (χ1) is 14.0. The third-order valence-corrected chi connectivity index (χ3v) is 5.39. The highest BCUT2D eigenvalue weighted by Gasteiger charge is 2.29. The molecule has 1 atom stereocenters. The quantitative estimate of drug-likeness (QED) is 0.845. The molecule has 1 aliphatic heterocycles. The Morgan fingerprint density at radius 3 is 2.14 bits per heavy atom. The van der Waals surface area contributed by atoms with Gasteiger partial charge in [0, 0.05) is 33.1 Å². The molecule has 1 fully saturated rings. The molecule has 3 rings (SSSR count). The Morgan fingerprint density at radius 1 is 1.00 bits per heavy atom. The Labute approximate surface area is 172 Å². The highest BCUT2D eigenvalue weighted by atomic mass is 16.5. The van der Waals surface area contributed by atoms with E-state index in [0.717, 1.165) is 16.9 Å². The third kappa shape index (κ3) is 5.08. The summed E-state index contributed by atoms with van der Waals surface area (Å²) in [4.78, 5) is 28.5. The first-order valence-corrected chi connectivity index (χ1v) is 9.95. The molecule has 0 bridgehead atoms. The van der Waals surface area contributed by atoms with Gasteiger partial charge in [0.1, 0.15) is 5.75 Å². The van der Waals surface area contributed by atoms with Crippen molar-refractivity contribution in [3.05, 3.63) is 65.7 Å². The molecule has 0 aromatic heterocycles. The van der Waals surface area contributed by atoms with Crippen LogP contribution in [-0.2, 0) is 4.79 Å². The Morgan fingerprint density at radius 2 is 1.59 bits per heavy atom. The van der Waals surface area contributed by atoms with Crippen LogP contribution in [0.3, 0.4) is 0 Å². The molecule has 1 saturated heterocycles. The zero-order chi connectivity index (χ0) is 20.8. The molecular formula is C23H29N3O3. The van der Waals surface area contributed by atoms with Crippen molar-refractivity contribution in [2.75, 3.05) is 34.3 Å². The number of amides is 3. The van der Waals surface area contributed by atoms with Crippen LogP contribution in [0.4, 0.5) is 4.79 Å². The fraction of sp³-hybridized carbons (Fsp3) is 0.391. The summed E-state index contributed by atoms with van der Waals surface area (Å²) in [5, 5.41) is 3.23. The second-order valence-electron chi connectivity index (χ2n) is 7.56. The van der Waals surface area contributed by atoms with E-state index < -0.39 is 0 Å². The molecule has 29 heavy (non-hydrogen) atoms. The van der Waals surface area contributed by atoms with Crippen molar-refractivity contribution in [3.63, 3.8) is 0 Å². The topological polar surface area (TPSA) is 61.9 Å². The first-order valence-electron chi connectivity index (χ1n) is 9.95. The van der Waals surface area contributed by atoms with Gasteiger partial charge in [-0.1, -0.05) is 42.5 Å². The zero-order valence-electron chi connectivity index (χ0n) is 17.3. The van der Waals surface area contributed by atoms with Crippen molar-refractivity contribution in [2.24, 2.45) is 5.92 Å². The number of urea groups is 1. The maximum absolute atomic E-state index is 13.0.